The summed E-state index contributed by atoms with van der Waals surface area (Å²) in [5.41, 5.74) is 6.23. The molecule has 1 saturated carbocycles. The third-order valence-electron chi connectivity index (χ3n) is 4.10. The minimum absolute atomic E-state index is 0. The second kappa shape index (κ2) is 7.57. The molecule has 1 aliphatic carbocycles. The zero-order valence-corrected chi connectivity index (χ0v) is 13.6. The molecular formula is C16H21ClN4O2. The zero-order valence-electron chi connectivity index (χ0n) is 12.8. The first-order chi connectivity index (χ1) is 10.7. The maximum Gasteiger partial charge on any atom is 0.261 e. The first kappa shape index (κ1) is 17.4. The number of carbonyl (C=O) groups is 1. The number of benzene rings is 1. The molecule has 0 radical (unpaired) electrons. The predicted octanol–water partition coefficient (Wildman–Crippen LogP) is 1.06. The Bertz CT molecular complexity index is 742. The van der Waals surface area contributed by atoms with E-state index >= 15 is 0 Å². The average Bonchev–Trinajstić information content (AvgIpc) is 3.37. The SMILES string of the molecule is Cl.NCC(NC(=O)CCn1cnc2ccccc2c1=O)C1CC1. The highest BCUT2D eigenvalue weighted by Crippen LogP contribution is 2.32. The van der Waals surface area contributed by atoms with Gasteiger partial charge in [0.2, 0.25) is 5.91 Å². The van der Waals surface area contributed by atoms with Crippen molar-refractivity contribution in [1.29, 1.82) is 0 Å². The smallest absolute Gasteiger partial charge is 0.261 e. The standard InChI is InChI=1S/C16H20N4O2.ClH/c17-9-14(11-5-6-11)19-15(21)7-8-20-10-18-13-4-2-1-3-12(13)16(20)22;/h1-4,10-11,14H,5-9,17H2,(H,19,21);1H. The van der Waals surface area contributed by atoms with Gasteiger partial charge in [-0.3, -0.25) is 14.2 Å². The van der Waals surface area contributed by atoms with Crippen LogP contribution in [0.3, 0.4) is 0 Å². The molecule has 1 atom stereocenters. The van der Waals surface area contributed by atoms with Gasteiger partial charge in [-0.05, 0) is 30.9 Å². The van der Waals surface area contributed by atoms with Crippen LogP contribution in [0.15, 0.2) is 35.4 Å². The molecule has 1 aliphatic rings. The van der Waals surface area contributed by atoms with E-state index in [9.17, 15) is 9.59 Å². The van der Waals surface area contributed by atoms with E-state index in [0.717, 1.165) is 12.8 Å². The summed E-state index contributed by atoms with van der Waals surface area (Å²) in [6.45, 7) is 0.790. The number of aryl methyl sites for hydroxylation is 1. The number of aromatic nitrogens is 2. The Balaban J connectivity index is 0.00000192. The van der Waals surface area contributed by atoms with Crippen molar-refractivity contribution in [2.75, 3.05) is 6.54 Å². The lowest BCUT2D eigenvalue weighted by Gasteiger charge is -2.16. The van der Waals surface area contributed by atoms with Gasteiger partial charge >= 0.3 is 0 Å². The average molecular weight is 337 g/mol. The van der Waals surface area contributed by atoms with E-state index in [1.54, 1.807) is 12.1 Å². The van der Waals surface area contributed by atoms with E-state index in [1.807, 2.05) is 12.1 Å². The van der Waals surface area contributed by atoms with Crippen LogP contribution in [0.4, 0.5) is 0 Å². The Morgan fingerprint density at radius 2 is 2.13 bits per heavy atom. The highest BCUT2D eigenvalue weighted by Gasteiger charge is 2.31. The fourth-order valence-corrected chi connectivity index (χ4v) is 2.63. The number of amides is 1. The molecule has 3 rings (SSSR count). The minimum atomic E-state index is -0.115. The molecule has 23 heavy (non-hydrogen) atoms. The highest BCUT2D eigenvalue weighted by molar-refractivity contribution is 5.85. The lowest BCUT2D eigenvalue weighted by molar-refractivity contribution is -0.122. The summed E-state index contributed by atoms with van der Waals surface area (Å²) < 4.78 is 1.48. The molecule has 1 amide bonds. The predicted molar refractivity (Wildman–Crippen MR) is 91.6 cm³/mol. The Morgan fingerprint density at radius 3 is 2.83 bits per heavy atom. The molecule has 1 fully saturated rings. The van der Waals surface area contributed by atoms with Gasteiger partial charge in [0.05, 0.1) is 17.2 Å². The van der Waals surface area contributed by atoms with Crippen LogP contribution >= 0.6 is 12.4 Å². The Hall–Kier alpha value is -1.92. The van der Waals surface area contributed by atoms with Crippen LogP contribution in [0.25, 0.3) is 10.9 Å². The fraction of sp³-hybridized carbons (Fsp3) is 0.438. The quantitative estimate of drug-likeness (QED) is 0.825. The number of carbonyl (C=O) groups excluding carboxylic acids is 1. The van der Waals surface area contributed by atoms with Gasteiger partial charge in [0, 0.05) is 25.6 Å². The Kier molecular flexibility index (Phi) is 5.74. The van der Waals surface area contributed by atoms with Crippen LogP contribution in [0.5, 0.6) is 0 Å². The van der Waals surface area contributed by atoms with E-state index in [0.29, 0.717) is 29.9 Å². The number of nitrogens with two attached hydrogens (primary N) is 1. The summed E-state index contributed by atoms with van der Waals surface area (Å²) in [4.78, 5) is 28.5. The van der Waals surface area contributed by atoms with Crippen LogP contribution in [0, 0.1) is 5.92 Å². The molecule has 2 aromatic rings. The molecule has 0 bridgehead atoms. The van der Waals surface area contributed by atoms with Gasteiger partial charge in [-0.2, -0.15) is 0 Å². The number of para-hydroxylation sites is 1. The number of halogens is 1. The summed E-state index contributed by atoms with van der Waals surface area (Å²) in [6.07, 6.45) is 4.02. The first-order valence-corrected chi connectivity index (χ1v) is 7.62. The number of nitrogens with zero attached hydrogens (tertiary/aromatic N) is 2. The van der Waals surface area contributed by atoms with Crippen LogP contribution in [-0.4, -0.2) is 28.0 Å². The van der Waals surface area contributed by atoms with Gasteiger partial charge in [0.25, 0.3) is 5.56 Å². The first-order valence-electron chi connectivity index (χ1n) is 7.62. The van der Waals surface area contributed by atoms with E-state index in [4.69, 9.17) is 5.73 Å². The number of rotatable bonds is 6. The van der Waals surface area contributed by atoms with Crippen molar-refractivity contribution >= 4 is 29.2 Å². The fourth-order valence-electron chi connectivity index (χ4n) is 2.63. The van der Waals surface area contributed by atoms with Crippen molar-refractivity contribution in [2.45, 2.75) is 31.8 Å². The Morgan fingerprint density at radius 1 is 1.39 bits per heavy atom. The van der Waals surface area contributed by atoms with Gasteiger partial charge in [0.15, 0.2) is 0 Å². The number of hydrogen-bond acceptors (Lipinski definition) is 4. The van der Waals surface area contributed by atoms with Crippen LogP contribution in [0.1, 0.15) is 19.3 Å². The van der Waals surface area contributed by atoms with Gasteiger partial charge in [-0.25, -0.2) is 4.98 Å². The molecular weight excluding hydrogens is 316 g/mol. The van der Waals surface area contributed by atoms with E-state index in [2.05, 4.69) is 10.3 Å². The maximum absolute atomic E-state index is 12.3. The van der Waals surface area contributed by atoms with Crippen LogP contribution in [-0.2, 0) is 11.3 Å². The molecule has 6 nitrogen and oxygen atoms in total. The maximum atomic E-state index is 12.3. The summed E-state index contributed by atoms with van der Waals surface area (Å²) in [7, 11) is 0. The van der Waals surface area contributed by atoms with Gasteiger partial charge in [-0.1, -0.05) is 12.1 Å². The molecule has 1 heterocycles. The number of hydrogen-bond donors (Lipinski definition) is 2. The van der Waals surface area contributed by atoms with Crippen molar-refractivity contribution in [3.05, 3.63) is 40.9 Å². The molecule has 124 valence electrons. The lowest BCUT2D eigenvalue weighted by Crippen LogP contribution is -2.42. The largest absolute Gasteiger partial charge is 0.352 e. The highest BCUT2D eigenvalue weighted by atomic mass is 35.5. The molecule has 1 aromatic heterocycles. The molecule has 0 spiro atoms. The topological polar surface area (TPSA) is 90.0 Å². The Labute approximate surface area is 140 Å². The lowest BCUT2D eigenvalue weighted by atomic mass is 10.2. The van der Waals surface area contributed by atoms with Gasteiger partial charge in [-0.15, -0.1) is 12.4 Å². The van der Waals surface area contributed by atoms with Crippen molar-refractivity contribution < 1.29 is 4.79 Å². The third-order valence-corrected chi connectivity index (χ3v) is 4.10. The zero-order chi connectivity index (χ0) is 15.5. The number of nitrogens with one attached hydrogen (secondary N) is 1. The van der Waals surface area contributed by atoms with Gasteiger partial charge < -0.3 is 11.1 Å². The molecule has 7 heteroatoms. The molecule has 3 N–H and O–H groups in total. The normalized spacial score (nSPS) is 15.0. The van der Waals surface area contributed by atoms with E-state index < -0.39 is 0 Å². The van der Waals surface area contributed by atoms with Crippen molar-refractivity contribution in [1.82, 2.24) is 14.9 Å². The van der Waals surface area contributed by atoms with E-state index in [1.165, 1.54) is 10.9 Å². The third kappa shape index (κ3) is 4.09. The number of fused-ring (bicyclic) bond motifs is 1. The molecule has 0 saturated heterocycles. The molecule has 1 unspecified atom stereocenters. The summed E-state index contributed by atoms with van der Waals surface area (Å²) >= 11 is 0. The van der Waals surface area contributed by atoms with Crippen molar-refractivity contribution in [2.24, 2.45) is 11.7 Å². The van der Waals surface area contributed by atoms with Gasteiger partial charge in [0.1, 0.15) is 0 Å². The van der Waals surface area contributed by atoms with Crippen molar-refractivity contribution in [3.8, 4) is 0 Å². The molecule has 1 aromatic carbocycles. The summed E-state index contributed by atoms with van der Waals surface area (Å²) in [5, 5.41) is 3.53. The second-order valence-electron chi connectivity index (χ2n) is 5.76. The van der Waals surface area contributed by atoms with Crippen LogP contribution in [0.2, 0.25) is 0 Å². The van der Waals surface area contributed by atoms with Crippen LogP contribution < -0.4 is 16.6 Å². The summed E-state index contributed by atoms with van der Waals surface area (Å²) in [5.74, 6) is 0.460. The summed E-state index contributed by atoms with van der Waals surface area (Å²) in [6, 6.07) is 7.27. The monoisotopic (exact) mass is 336 g/mol. The van der Waals surface area contributed by atoms with Crippen molar-refractivity contribution in [3.63, 3.8) is 0 Å². The molecule has 0 aliphatic heterocycles. The second-order valence-corrected chi connectivity index (χ2v) is 5.76. The van der Waals surface area contributed by atoms with E-state index in [-0.39, 0.29) is 36.3 Å². The minimum Gasteiger partial charge on any atom is -0.352 e.